The normalized spacial score (nSPS) is 16.9. The topological polar surface area (TPSA) is 64.6 Å². The highest BCUT2D eigenvalue weighted by atomic mass is 16.6. The first-order valence-electron chi connectivity index (χ1n) is 9.68. The lowest BCUT2D eigenvalue weighted by Crippen LogP contribution is -2.37. The smallest absolute Gasteiger partial charge is 0.166 e. The van der Waals surface area contributed by atoms with Crippen molar-refractivity contribution in [2.24, 2.45) is 5.92 Å². The van der Waals surface area contributed by atoms with Gasteiger partial charge in [0.05, 0.1) is 17.2 Å². The number of Topliss-reactive ketones (excluding diaryl/α,β-unsaturated/α-hetero) is 1. The van der Waals surface area contributed by atoms with Crippen LogP contribution in [0.3, 0.4) is 0 Å². The number of carbonyl (C=O) groups is 1. The molecule has 0 bridgehead atoms. The molecule has 0 aliphatic carbocycles. The molecule has 3 heterocycles. The number of carbonyl (C=O) groups excluding carboxylic acids is 1. The second kappa shape index (κ2) is 7.11. The molecule has 142 valence electrons. The molecule has 0 amide bonds. The summed E-state index contributed by atoms with van der Waals surface area (Å²) in [6.45, 7) is 2.67. The summed E-state index contributed by atoms with van der Waals surface area (Å²) in [5.74, 6) is 2.46. The molecule has 3 aromatic rings. The molecule has 0 radical (unpaired) electrons. The van der Waals surface area contributed by atoms with Gasteiger partial charge in [0.1, 0.15) is 19.0 Å². The summed E-state index contributed by atoms with van der Waals surface area (Å²) >= 11 is 0. The van der Waals surface area contributed by atoms with Crippen LogP contribution in [-0.2, 0) is 0 Å². The molecule has 5 rings (SSSR count). The highest BCUT2D eigenvalue weighted by molar-refractivity contribution is 5.98. The van der Waals surface area contributed by atoms with E-state index in [1.807, 2.05) is 48.7 Å². The number of ketones is 1. The molecule has 0 saturated carbocycles. The molecular weight excluding hydrogens is 354 g/mol. The van der Waals surface area contributed by atoms with Crippen molar-refractivity contribution in [1.82, 2.24) is 9.97 Å². The number of ether oxygens (including phenoxy) is 2. The first-order valence-corrected chi connectivity index (χ1v) is 9.68. The molecule has 0 unspecified atom stereocenters. The summed E-state index contributed by atoms with van der Waals surface area (Å²) < 4.78 is 11.2. The van der Waals surface area contributed by atoms with Crippen molar-refractivity contribution in [1.29, 1.82) is 0 Å². The third kappa shape index (κ3) is 3.15. The number of piperidine rings is 1. The Bertz CT molecular complexity index is 1030. The number of hydrogen-bond acceptors (Lipinski definition) is 6. The van der Waals surface area contributed by atoms with Crippen molar-refractivity contribution in [2.45, 2.75) is 12.8 Å². The Balaban J connectivity index is 1.28. The summed E-state index contributed by atoms with van der Waals surface area (Å²) in [6, 6.07) is 13.4. The van der Waals surface area contributed by atoms with Crippen LogP contribution in [0, 0.1) is 5.92 Å². The molecule has 2 aromatic carbocycles. The number of aromatic nitrogens is 2. The highest BCUT2D eigenvalue weighted by Crippen LogP contribution is 2.33. The van der Waals surface area contributed by atoms with Crippen molar-refractivity contribution in [3.63, 3.8) is 0 Å². The van der Waals surface area contributed by atoms with Crippen LogP contribution in [0.2, 0.25) is 0 Å². The van der Waals surface area contributed by atoms with Gasteiger partial charge in [0.2, 0.25) is 0 Å². The van der Waals surface area contributed by atoms with Crippen molar-refractivity contribution in [2.75, 3.05) is 31.2 Å². The number of rotatable bonds is 3. The Morgan fingerprint density at radius 3 is 2.54 bits per heavy atom. The molecular formula is C22H21N3O3. The zero-order chi connectivity index (χ0) is 18.9. The lowest BCUT2D eigenvalue weighted by molar-refractivity contribution is 0.0899. The van der Waals surface area contributed by atoms with Gasteiger partial charge in [-0.3, -0.25) is 9.78 Å². The fourth-order valence-electron chi connectivity index (χ4n) is 3.90. The number of fused-ring (bicyclic) bond motifs is 2. The molecule has 1 aromatic heterocycles. The van der Waals surface area contributed by atoms with Gasteiger partial charge in [0.15, 0.2) is 17.3 Å². The van der Waals surface area contributed by atoms with Crippen LogP contribution in [0.5, 0.6) is 11.5 Å². The van der Waals surface area contributed by atoms with E-state index in [-0.39, 0.29) is 11.7 Å². The molecule has 6 nitrogen and oxygen atoms in total. The molecule has 2 aliphatic rings. The summed E-state index contributed by atoms with van der Waals surface area (Å²) in [5.41, 5.74) is 2.50. The number of nitrogens with zero attached hydrogens (tertiary/aromatic N) is 3. The maximum atomic E-state index is 13.0. The fraction of sp³-hybridized carbons (Fsp3) is 0.318. The Labute approximate surface area is 163 Å². The van der Waals surface area contributed by atoms with Crippen LogP contribution in [0.15, 0.2) is 48.7 Å². The van der Waals surface area contributed by atoms with Crippen molar-refractivity contribution in [3.05, 3.63) is 54.2 Å². The quantitative estimate of drug-likeness (QED) is 0.653. The highest BCUT2D eigenvalue weighted by Gasteiger charge is 2.27. The summed E-state index contributed by atoms with van der Waals surface area (Å²) in [5, 5.41) is 0. The minimum Gasteiger partial charge on any atom is -0.486 e. The van der Waals surface area contributed by atoms with Crippen LogP contribution in [0.25, 0.3) is 11.0 Å². The van der Waals surface area contributed by atoms with Gasteiger partial charge in [-0.1, -0.05) is 12.1 Å². The van der Waals surface area contributed by atoms with Crippen molar-refractivity contribution < 1.29 is 14.3 Å². The van der Waals surface area contributed by atoms with Gasteiger partial charge in [-0.25, -0.2) is 4.98 Å². The van der Waals surface area contributed by atoms with E-state index < -0.39 is 0 Å². The molecule has 1 fully saturated rings. The summed E-state index contributed by atoms with van der Waals surface area (Å²) in [4.78, 5) is 24.4. The van der Waals surface area contributed by atoms with Gasteiger partial charge < -0.3 is 14.4 Å². The van der Waals surface area contributed by atoms with Crippen molar-refractivity contribution in [3.8, 4) is 11.5 Å². The number of anilines is 1. The largest absolute Gasteiger partial charge is 0.486 e. The first-order chi connectivity index (χ1) is 13.8. The number of benzene rings is 2. The van der Waals surface area contributed by atoms with Crippen molar-refractivity contribution >= 4 is 22.6 Å². The van der Waals surface area contributed by atoms with E-state index in [2.05, 4.69) is 9.88 Å². The molecule has 6 heteroatoms. The fourth-order valence-corrected chi connectivity index (χ4v) is 3.90. The molecule has 28 heavy (non-hydrogen) atoms. The first kappa shape index (κ1) is 17.0. The van der Waals surface area contributed by atoms with E-state index in [0.717, 1.165) is 42.8 Å². The predicted molar refractivity (Wildman–Crippen MR) is 106 cm³/mol. The predicted octanol–water partition coefficient (Wildman–Crippen LogP) is 3.50. The third-order valence-corrected chi connectivity index (χ3v) is 5.45. The monoisotopic (exact) mass is 375 g/mol. The average Bonchev–Trinajstić information content (AvgIpc) is 2.78. The van der Waals surface area contributed by atoms with E-state index in [1.54, 1.807) is 0 Å². The van der Waals surface area contributed by atoms with Gasteiger partial charge in [0, 0.05) is 24.6 Å². The van der Waals surface area contributed by atoms with Gasteiger partial charge in [-0.15, -0.1) is 0 Å². The summed E-state index contributed by atoms with van der Waals surface area (Å²) in [6.07, 6.45) is 3.44. The number of hydrogen-bond donors (Lipinski definition) is 0. The van der Waals surface area contributed by atoms with Gasteiger partial charge in [-0.2, -0.15) is 0 Å². The third-order valence-electron chi connectivity index (χ3n) is 5.45. The van der Waals surface area contributed by atoms with E-state index in [1.165, 1.54) is 0 Å². The zero-order valence-corrected chi connectivity index (χ0v) is 15.5. The maximum absolute atomic E-state index is 13.0. The van der Waals surface area contributed by atoms with Gasteiger partial charge in [0.25, 0.3) is 0 Å². The van der Waals surface area contributed by atoms with Crippen LogP contribution in [0.1, 0.15) is 23.2 Å². The van der Waals surface area contributed by atoms with Crippen LogP contribution < -0.4 is 14.4 Å². The van der Waals surface area contributed by atoms with Gasteiger partial charge >= 0.3 is 0 Å². The Morgan fingerprint density at radius 1 is 0.964 bits per heavy atom. The Morgan fingerprint density at radius 2 is 1.71 bits per heavy atom. The molecule has 1 saturated heterocycles. The average molecular weight is 375 g/mol. The van der Waals surface area contributed by atoms with Crippen LogP contribution >= 0.6 is 0 Å². The second-order valence-corrected chi connectivity index (χ2v) is 7.20. The molecule has 0 N–H and O–H groups in total. The van der Waals surface area contributed by atoms with E-state index in [9.17, 15) is 4.79 Å². The SMILES string of the molecule is O=C(c1ccc2c(c1)OCCO2)C1CCN(c2cnc3ccccc3n2)CC1. The lowest BCUT2D eigenvalue weighted by Gasteiger charge is -2.32. The van der Waals surface area contributed by atoms with Crippen LogP contribution in [-0.4, -0.2) is 42.1 Å². The summed E-state index contributed by atoms with van der Waals surface area (Å²) in [7, 11) is 0. The van der Waals surface area contributed by atoms with Gasteiger partial charge in [-0.05, 0) is 43.2 Å². The molecule has 2 aliphatic heterocycles. The Kier molecular flexibility index (Phi) is 4.31. The lowest BCUT2D eigenvalue weighted by atomic mass is 9.88. The van der Waals surface area contributed by atoms with E-state index >= 15 is 0 Å². The number of para-hydroxylation sites is 2. The maximum Gasteiger partial charge on any atom is 0.166 e. The standard InChI is InChI=1S/C22H21N3O3/c26-22(16-5-6-19-20(13-16)28-12-11-27-19)15-7-9-25(10-8-15)21-14-23-17-3-1-2-4-18(17)24-21/h1-6,13-15H,7-12H2. The van der Waals surface area contributed by atoms with Crippen LogP contribution in [0.4, 0.5) is 5.82 Å². The minimum atomic E-state index is 0.0206. The molecule has 0 spiro atoms. The Hall–Kier alpha value is -3.15. The minimum absolute atomic E-state index is 0.0206. The second-order valence-electron chi connectivity index (χ2n) is 7.20. The molecule has 0 atom stereocenters. The van der Waals surface area contributed by atoms with E-state index in [0.29, 0.717) is 30.3 Å². The zero-order valence-electron chi connectivity index (χ0n) is 15.5. The van der Waals surface area contributed by atoms with E-state index in [4.69, 9.17) is 14.5 Å².